The Morgan fingerprint density at radius 2 is 1.64 bits per heavy atom. The lowest BCUT2D eigenvalue weighted by atomic mass is 9.98. The number of hydrogen-bond acceptors (Lipinski definition) is 10. The zero-order chi connectivity index (χ0) is 24.3. The summed E-state index contributed by atoms with van der Waals surface area (Å²) in [5, 5.41) is -1.09. The van der Waals surface area contributed by atoms with Crippen LogP contribution in [0.1, 0.15) is 48.4 Å². The fourth-order valence-electron chi connectivity index (χ4n) is 3.94. The van der Waals surface area contributed by atoms with Gasteiger partial charge in [-0.3, -0.25) is 28.9 Å². The molecule has 33 heavy (non-hydrogen) atoms. The fourth-order valence-corrected chi connectivity index (χ4v) is 5.99. The van der Waals surface area contributed by atoms with Crippen molar-refractivity contribution in [2.75, 3.05) is 12.4 Å². The molecule has 11 heteroatoms. The van der Waals surface area contributed by atoms with Crippen molar-refractivity contribution in [2.24, 2.45) is 0 Å². The van der Waals surface area contributed by atoms with Gasteiger partial charge in [-0.1, -0.05) is 30.8 Å². The molecule has 0 bridgehead atoms. The summed E-state index contributed by atoms with van der Waals surface area (Å²) < 4.78 is 17.0. The highest BCUT2D eigenvalue weighted by Crippen LogP contribution is 2.41. The third-order valence-corrected chi connectivity index (χ3v) is 7.35. The maximum absolute atomic E-state index is 13.3. The number of esters is 2. The van der Waals surface area contributed by atoms with E-state index in [1.165, 1.54) is 32.5 Å². The molecule has 1 aromatic carbocycles. The number of amides is 2. The summed E-state index contributed by atoms with van der Waals surface area (Å²) in [4.78, 5) is 63.2. The van der Waals surface area contributed by atoms with Gasteiger partial charge in [0.05, 0.1) is 16.4 Å². The smallest absolute Gasteiger partial charge is 0.303 e. The number of rotatable bonds is 7. The van der Waals surface area contributed by atoms with Gasteiger partial charge < -0.3 is 14.2 Å². The summed E-state index contributed by atoms with van der Waals surface area (Å²) in [6.45, 7) is 5.52. The van der Waals surface area contributed by atoms with Gasteiger partial charge in [-0.15, -0.1) is 11.8 Å². The predicted octanol–water partition coefficient (Wildman–Crippen LogP) is 2.27. The Hall–Kier alpha value is -2.37. The first kappa shape index (κ1) is 25.3. The number of carbonyl (C=O) groups is 5. The lowest BCUT2D eigenvalue weighted by molar-refractivity contribution is -0.169. The average Bonchev–Trinajstić information content (AvgIpc) is 2.99. The van der Waals surface area contributed by atoms with E-state index in [4.69, 9.17) is 14.2 Å². The van der Waals surface area contributed by atoms with E-state index < -0.39 is 52.7 Å². The lowest BCUT2D eigenvalue weighted by Gasteiger charge is -2.47. The van der Waals surface area contributed by atoms with Gasteiger partial charge in [0.1, 0.15) is 30.3 Å². The van der Waals surface area contributed by atoms with Crippen LogP contribution in [-0.4, -0.2) is 75.1 Å². The van der Waals surface area contributed by atoms with E-state index in [-0.39, 0.29) is 22.8 Å². The van der Waals surface area contributed by atoms with Gasteiger partial charge >= 0.3 is 11.9 Å². The molecule has 3 rings (SSSR count). The summed E-state index contributed by atoms with van der Waals surface area (Å²) in [7, 11) is 0. The second kappa shape index (κ2) is 10.7. The molecule has 1 fully saturated rings. The largest absolute Gasteiger partial charge is 0.463 e. The highest BCUT2D eigenvalue weighted by atomic mass is 32.2. The average molecular weight is 496 g/mol. The Kier molecular flexibility index (Phi) is 8.19. The number of hydrogen-bond donors (Lipinski definition) is 0. The number of thioether (sulfide) groups is 2. The van der Waals surface area contributed by atoms with Crippen LogP contribution in [0.25, 0.3) is 0 Å². The van der Waals surface area contributed by atoms with E-state index in [0.717, 1.165) is 16.7 Å². The number of benzene rings is 1. The van der Waals surface area contributed by atoms with Gasteiger partial charge in [-0.25, -0.2) is 0 Å². The summed E-state index contributed by atoms with van der Waals surface area (Å²) in [6, 6.07) is 5.46. The Labute approximate surface area is 199 Å². The Balaban J connectivity index is 2.07. The molecule has 178 valence electrons. The molecule has 2 aliphatic rings. The van der Waals surface area contributed by atoms with Crippen LogP contribution in [0.4, 0.5) is 0 Å². The van der Waals surface area contributed by atoms with Gasteiger partial charge in [0.25, 0.3) is 11.8 Å². The summed E-state index contributed by atoms with van der Waals surface area (Å²) in [6.07, 6.45) is -1.86. The van der Waals surface area contributed by atoms with Crippen LogP contribution in [0.15, 0.2) is 24.3 Å². The van der Waals surface area contributed by atoms with Crippen LogP contribution >= 0.6 is 23.5 Å². The SMILES string of the molecule is CCS[C@@H]1OC(COC(C)=O)C(SC(C)=O)[C@H](OC(C)=O)C1N1C(=O)c2ccccc2C1=O. The van der Waals surface area contributed by atoms with Gasteiger partial charge in [-0.2, -0.15) is 0 Å². The topological polar surface area (TPSA) is 116 Å². The second-order valence-electron chi connectivity index (χ2n) is 7.47. The molecule has 9 nitrogen and oxygen atoms in total. The van der Waals surface area contributed by atoms with Crippen molar-refractivity contribution < 1.29 is 38.2 Å². The number of nitrogens with zero attached hydrogens (tertiary/aromatic N) is 1. The zero-order valence-corrected chi connectivity index (χ0v) is 20.3. The standard InChI is InChI=1S/C22H25NO8S2/c1-5-32-22-17(23-20(27)14-8-6-7-9-15(14)21(23)28)18(30-12(3)25)19(33-13(4)26)16(31-22)10-29-11(2)24/h6-9,16-19,22H,5,10H2,1-4H3/t16?,17?,18-,19?,22+/m1/s1. The van der Waals surface area contributed by atoms with Crippen LogP contribution in [-0.2, 0) is 28.6 Å². The molecule has 1 saturated heterocycles. The highest BCUT2D eigenvalue weighted by Gasteiger charge is 2.55. The molecule has 5 atom stereocenters. The Morgan fingerprint density at radius 1 is 1.03 bits per heavy atom. The molecule has 2 amide bonds. The predicted molar refractivity (Wildman–Crippen MR) is 122 cm³/mol. The molecule has 0 radical (unpaired) electrons. The minimum Gasteiger partial charge on any atom is -0.463 e. The first-order valence-electron chi connectivity index (χ1n) is 10.4. The van der Waals surface area contributed by atoms with Crippen LogP contribution in [0.5, 0.6) is 0 Å². The van der Waals surface area contributed by atoms with Crippen molar-refractivity contribution in [1.82, 2.24) is 4.90 Å². The summed E-state index contributed by atoms with van der Waals surface area (Å²) in [5.41, 5.74) is -0.268. The number of carbonyl (C=O) groups excluding carboxylic acids is 5. The first-order valence-corrected chi connectivity index (χ1v) is 12.3. The third kappa shape index (κ3) is 5.42. The van der Waals surface area contributed by atoms with Gasteiger partial charge in [0.15, 0.2) is 5.12 Å². The van der Waals surface area contributed by atoms with E-state index in [2.05, 4.69) is 0 Å². The van der Waals surface area contributed by atoms with Gasteiger partial charge in [0, 0.05) is 20.8 Å². The molecule has 0 N–H and O–H groups in total. The van der Waals surface area contributed by atoms with Crippen molar-refractivity contribution in [3.8, 4) is 0 Å². The van der Waals surface area contributed by atoms with E-state index in [9.17, 15) is 24.0 Å². The van der Waals surface area contributed by atoms with Crippen molar-refractivity contribution >= 4 is 52.4 Å². The molecule has 2 heterocycles. The number of fused-ring (bicyclic) bond motifs is 1. The first-order chi connectivity index (χ1) is 15.6. The minimum atomic E-state index is -1.06. The third-order valence-electron chi connectivity index (χ3n) is 5.12. The van der Waals surface area contributed by atoms with Crippen LogP contribution in [0, 0.1) is 0 Å². The lowest BCUT2D eigenvalue weighted by Crippen LogP contribution is -2.64. The van der Waals surface area contributed by atoms with Crippen LogP contribution in [0.2, 0.25) is 0 Å². The van der Waals surface area contributed by atoms with E-state index in [1.54, 1.807) is 24.3 Å². The van der Waals surface area contributed by atoms with Gasteiger partial charge in [-0.05, 0) is 17.9 Å². The summed E-state index contributed by atoms with van der Waals surface area (Å²) in [5.74, 6) is -1.64. The van der Waals surface area contributed by atoms with Gasteiger partial charge in [0.2, 0.25) is 0 Å². The van der Waals surface area contributed by atoms with Crippen molar-refractivity contribution in [3.63, 3.8) is 0 Å². The Bertz CT molecular complexity index is 932. The molecule has 1 aromatic rings. The zero-order valence-electron chi connectivity index (χ0n) is 18.6. The number of ether oxygens (including phenoxy) is 3. The Morgan fingerprint density at radius 3 is 2.12 bits per heavy atom. The molecular formula is C22H25NO8S2. The molecule has 0 aromatic heterocycles. The minimum absolute atomic E-state index is 0.173. The normalized spacial score (nSPS) is 26.7. The van der Waals surface area contributed by atoms with E-state index in [1.807, 2.05) is 6.92 Å². The molecular weight excluding hydrogens is 470 g/mol. The molecule has 0 saturated carbocycles. The molecule has 3 unspecified atom stereocenters. The monoisotopic (exact) mass is 495 g/mol. The van der Waals surface area contributed by atoms with E-state index in [0.29, 0.717) is 5.75 Å². The number of imide groups is 1. The van der Waals surface area contributed by atoms with Crippen LogP contribution in [0.3, 0.4) is 0 Å². The van der Waals surface area contributed by atoms with Crippen molar-refractivity contribution in [2.45, 2.75) is 56.6 Å². The maximum Gasteiger partial charge on any atom is 0.303 e. The molecule has 0 aliphatic carbocycles. The highest BCUT2D eigenvalue weighted by molar-refractivity contribution is 8.14. The van der Waals surface area contributed by atoms with Crippen LogP contribution < -0.4 is 0 Å². The van der Waals surface area contributed by atoms with E-state index >= 15 is 0 Å². The fraction of sp³-hybridized carbons (Fsp3) is 0.500. The quantitative estimate of drug-likeness (QED) is 0.412. The molecule has 2 aliphatic heterocycles. The second-order valence-corrected chi connectivity index (χ2v) is 10.2. The van der Waals surface area contributed by atoms with Crippen molar-refractivity contribution in [1.29, 1.82) is 0 Å². The maximum atomic E-state index is 13.3. The summed E-state index contributed by atoms with van der Waals surface area (Å²) >= 11 is 2.19. The van der Waals surface area contributed by atoms with Crippen molar-refractivity contribution in [3.05, 3.63) is 35.4 Å². The molecule has 0 spiro atoms.